The zero-order chi connectivity index (χ0) is 24.0. The highest BCUT2D eigenvalue weighted by Crippen LogP contribution is 2.35. The Labute approximate surface area is 202 Å². The Balaban J connectivity index is 1.64. The number of ether oxygens (including phenoxy) is 3. The predicted octanol–water partition coefficient (Wildman–Crippen LogP) is 5.43. The molecule has 0 aliphatic carbocycles. The molecule has 1 aliphatic heterocycles. The Kier molecular flexibility index (Phi) is 8.62. The van der Waals surface area contributed by atoms with Crippen molar-refractivity contribution < 1.29 is 28.2 Å². The van der Waals surface area contributed by atoms with E-state index in [9.17, 15) is 14.0 Å². The smallest absolute Gasteiger partial charge is 0.416 e. The number of cyclic esters (lactones) is 1. The summed E-state index contributed by atoms with van der Waals surface area (Å²) < 4.78 is 31.0. The molecule has 0 radical (unpaired) electrons. The van der Waals surface area contributed by atoms with Gasteiger partial charge in [-0.25, -0.2) is 14.1 Å². The van der Waals surface area contributed by atoms with Crippen molar-refractivity contribution in [1.29, 1.82) is 0 Å². The van der Waals surface area contributed by atoms with Crippen LogP contribution in [0.25, 0.3) is 0 Å². The van der Waals surface area contributed by atoms with Crippen molar-refractivity contribution in [3.8, 4) is 0 Å². The van der Waals surface area contributed by atoms with Crippen molar-refractivity contribution in [1.82, 2.24) is 4.90 Å². The lowest BCUT2D eigenvalue weighted by molar-refractivity contribution is -0.221. The zero-order valence-corrected chi connectivity index (χ0v) is 20.6. The minimum absolute atomic E-state index is 0.192. The van der Waals surface area contributed by atoms with Crippen LogP contribution < -0.4 is 0 Å². The van der Waals surface area contributed by atoms with Crippen molar-refractivity contribution >= 4 is 27.9 Å². The van der Waals surface area contributed by atoms with E-state index in [0.717, 1.165) is 5.56 Å². The summed E-state index contributed by atoms with van der Waals surface area (Å²) in [4.78, 5) is 26.7. The van der Waals surface area contributed by atoms with E-state index < -0.39 is 23.6 Å². The van der Waals surface area contributed by atoms with Gasteiger partial charge in [0.1, 0.15) is 12.4 Å². The molecule has 1 aliphatic rings. The second kappa shape index (κ2) is 11.2. The largest absolute Gasteiger partial charge is 0.447 e. The van der Waals surface area contributed by atoms with E-state index in [-0.39, 0.29) is 18.6 Å². The van der Waals surface area contributed by atoms with Gasteiger partial charge < -0.3 is 14.2 Å². The molecule has 6 nitrogen and oxygen atoms in total. The third-order valence-corrected chi connectivity index (χ3v) is 6.50. The molecule has 0 bridgehead atoms. The molecule has 178 valence electrons. The number of carbonyl (C=O) groups is 2. The van der Waals surface area contributed by atoms with Crippen molar-refractivity contribution in [2.24, 2.45) is 5.92 Å². The van der Waals surface area contributed by atoms with Crippen LogP contribution in [0.15, 0.2) is 53.0 Å². The van der Waals surface area contributed by atoms with Gasteiger partial charge in [-0.2, -0.15) is 0 Å². The predicted molar refractivity (Wildman–Crippen MR) is 125 cm³/mol. The normalized spacial score (nSPS) is 17.2. The maximum Gasteiger partial charge on any atom is 0.416 e. The maximum atomic E-state index is 14.0. The highest BCUT2D eigenvalue weighted by molar-refractivity contribution is 9.10. The second-order valence-corrected chi connectivity index (χ2v) is 9.16. The molecule has 33 heavy (non-hydrogen) atoms. The SMILES string of the molecule is COC(CCC[C@@H](C)C(=O)N1C(=O)OC[C@H]1Cc1ccccc1)(OC)c1cc(F)cc(Br)c1. The van der Waals surface area contributed by atoms with Gasteiger partial charge in [0.25, 0.3) is 0 Å². The van der Waals surface area contributed by atoms with E-state index in [4.69, 9.17) is 14.2 Å². The molecule has 0 unspecified atom stereocenters. The van der Waals surface area contributed by atoms with E-state index in [1.165, 1.54) is 31.3 Å². The van der Waals surface area contributed by atoms with E-state index in [2.05, 4.69) is 15.9 Å². The first-order valence-corrected chi connectivity index (χ1v) is 11.7. The molecule has 2 amide bonds. The van der Waals surface area contributed by atoms with Crippen LogP contribution in [-0.4, -0.2) is 43.8 Å². The van der Waals surface area contributed by atoms with Gasteiger partial charge >= 0.3 is 6.09 Å². The zero-order valence-electron chi connectivity index (χ0n) is 19.1. The molecule has 3 rings (SSSR count). The number of amides is 2. The number of benzene rings is 2. The molecule has 2 aromatic carbocycles. The molecule has 0 saturated carbocycles. The Morgan fingerprint density at radius 1 is 1.24 bits per heavy atom. The number of hydrogen-bond acceptors (Lipinski definition) is 5. The van der Waals surface area contributed by atoms with E-state index in [1.807, 2.05) is 30.3 Å². The molecule has 8 heteroatoms. The van der Waals surface area contributed by atoms with Crippen LogP contribution in [0.1, 0.15) is 37.3 Å². The van der Waals surface area contributed by atoms with Gasteiger partial charge in [-0.1, -0.05) is 53.2 Å². The van der Waals surface area contributed by atoms with Crippen LogP contribution in [0.4, 0.5) is 9.18 Å². The third-order valence-electron chi connectivity index (χ3n) is 6.04. The maximum absolute atomic E-state index is 14.0. The van der Waals surface area contributed by atoms with Gasteiger partial charge in [0.2, 0.25) is 5.91 Å². The van der Waals surface area contributed by atoms with Crippen molar-refractivity contribution in [3.05, 3.63) is 69.9 Å². The molecule has 1 saturated heterocycles. The van der Waals surface area contributed by atoms with Crippen LogP contribution in [0, 0.1) is 11.7 Å². The molecule has 2 aromatic rings. The van der Waals surface area contributed by atoms with Crippen molar-refractivity contribution in [2.45, 2.75) is 44.4 Å². The number of rotatable bonds is 10. The highest BCUT2D eigenvalue weighted by Gasteiger charge is 2.40. The summed E-state index contributed by atoms with van der Waals surface area (Å²) in [5.41, 5.74) is 1.59. The van der Waals surface area contributed by atoms with E-state index >= 15 is 0 Å². The Hall–Kier alpha value is -2.29. The van der Waals surface area contributed by atoms with Crippen LogP contribution in [0.5, 0.6) is 0 Å². The van der Waals surface area contributed by atoms with Gasteiger partial charge in [0.15, 0.2) is 5.79 Å². The van der Waals surface area contributed by atoms with Crippen molar-refractivity contribution in [2.75, 3.05) is 20.8 Å². The Morgan fingerprint density at radius 2 is 1.94 bits per heavy atom. The minimum Gasteiger partial charge on any atom is -0.447 e. The number of hydrogen-bond donors (Lipinski definition) is 0. The Bertz CT molecular complexity index is 946. The Morgan fingerprint density at radius 3 is 2.58 bits per heavy atom. The summed E-state index contributed by atoms with van der Waals surface area (Å²) in [5, 5.41) is 0. The lowest BCUT2D eigenvalue weighted by Gasteiger charge is -2.32. The van der Waals surface area contributed by atoms with Crippen molar-refractivity contribution in [3.63, 3.8) is 0 Å². The number of methoxy groups -OCH3 is 2. The highest BCUT2D eigenvalue weighted by atomic mass is 79.9. The number of imide groups is 1. The molecule has 0 aromatic heterocycles. The average Bonchev–Trinajstić information content (AvgIpc) is 3.16. The topological polar surface area (TPSA) is 65.1 Å². The molecular weight excluding hydrogens is 493 g/mol. The molecule has 0 N–H and O–H groups in total. The molecule has 1 heterocycles. The summed E-state index contributed by atoms with van der Waals surface area (Å²) in [7, 11) is 3.01. The lowest BCUT2D eigenvalue weighted by Crippen LogP contribution is -2.43. The number of halogens is 2. The molecule has 0 spiro atoms. The third kappa shape index (κ3) is 5.99. The van der Waals surface area contributed by atoms with Gasteiger partial charge in [-0.3, -0.25) is 4.79 Å². The fourth-order valence-corrected chi connectivity index (χ4v) is 4.68. The minimum atomic E-state index is -1.14. The van der Waals surface area contributed by atoms with Gasteiger partial charge in [0, 0.05) is 36.6 Å². The summed E-state index contributed by atoms with van der Waals surface area (Å²) >= 11 is 3.30. The number of nitrogens with zero attached hydrogens (tertiary/aromatic N) is 1. The van der Waals surface area contributed by atoms with Gasteiger partial charge in [0.05, 0.1) is 6.04 Å². The summed E-state index contributed by atoms with van der Waals surface area (Å²) in [6.07, 6.45) is 1.43. The standard InChI is InChI=1S/C25H29BrFNO5/c1-17(8-7-11-25(31-2,32-3)19-13-20(26)15-21(27)14-19)23(29)28-22(16-33-24(28)30)12-18-9-5-4-6-10-18/h4-6,9-10,13-15,17,22H,7-8,11-12,16H2,1-3H3/t17-,22-/m1/s1. The molecule has 1 fully saturated rings. The first-order valence-electron chi connectivity index (χ1n) is 10.9. The molecule has 2 atom stereocenters. The summed E-state index contributed by atoms with van der Waals surface area (Å²) in [5.74, 6) is -2.21. The van der Waals surface area contributed by atoms with Crippen LogP contribution in [0.2, 0.25) is 0 Å². The fourth-order valence-electron chi connectivity index (χ4n) is 4.21. The quantitative estimate of drug-likeness (QED) is 0.390. The monoisotopic (exact) mass is 521 g/mol. The lowest BCUT2D eigenvalue weighted by atomic mass is 9.95. The second-order valence-electron chi connectivity index (χ2n) is 8.24. The first kappa shape index (κ1) is 25.3. The van der Waals surface area contributed by atoms with E-state index in [1.54, 1.807) is 13.0 Å². The average molecular weight is 522 g/mol. The van der Waals surface area contributed by atoms with Crippen LogP contribution in [0.3, 0.4) is 0 Å². The molecular formula is C25H29BrFNO5. The van der Waals surface area contributed by atoms with Crippen LogP contribution in [-0.2, 0) is 31.2 Å². The number of carbonyl (C=O) groups excluding carboxylic acids is 2. The van der Waals surface area contributed by atoms with E-state index in [0.29, 0.717) is 35.7 Å². The van der Waals surface area contributed by atoms with Gasteiger partial charge in [-0.05, 0) is 43.0 Å². The fraction of sp³-hybridized carbons (Fsp3) is 0.440. The van der Waals surface area contributed by atoms with Gasteiger partial charge in [-0.15, -0.1) is 0 Å². The first-order chi connectivity index (χ1) is 15.8. The summed E-state index contributed by atoms with van der Waals surface area (Å²) in [6.45, 7) is 1.99. The van der Waals surface area contributed by atoms with Crippen LogP contribution >= 0.6 is 15.9 Å². The summed E-state index contributed by atoms with van der Waals surface area (Å²) in [6, 6.07) is 13.9.